The van der Waals surface area contributed by atoms with E-state index >= 15 is 0 Å². The summed E-state index contributed by atoms with van der Waals surface area (Å²) in [5.74, 6) is 0.452. The van der Waals surface area contributed by atoms with Gasteiger partial charge in [-0.2, -0.15) is 0 Å². The quantitative estimate of drug-likeness (QED) is 0.765. The third kappa shape index (κ3) is 3.77. The van der Waals surface area contributed by atoms with Crippen molar-refractivity contribution in [2.45, 2.75) is 32.2 Å². The van der Waals surface area contributed by atoms with E-state index in [1.165, 1.54) is 18.2 Å². The van der Waals surface area contributed by atoms with E-state index in [1.807, 2.05) is 6.07 Å². The number of carbonyl (C=O) groups is 1. The summed E-state index contributed by atoms with van der Waals surface area (Å²) < 4.78 is 18.9. The van der Waals surface area contributed by atoms with Crippen LogP contribution in [-0.2, 0) is 6.42 Å². The lowest BCUT2D eigenvalue weighted by atomic mass is 10.1. The fourth-order valence-electron chi connectivity index (χ4n) is 3.44. The number of carbonyl (C=O) groups excluding carboxylic acids is 1. The molecule has 1 aromatic carbocycles. The zero-order valence-corrected chi connectivity index (χ0v) is 15.1. The maximum atomic E-state index is 13.3. The number of anilines is 1. The first-order valence-electron chi connectivity index (χ1n) is 9.18. The molecule has 6 nitrogen and oxygen atoms in total. The molecular formula is C20H21FN4O2. The molecule has 140 valence electrons. The number of rotatable bonds is 4. The number of benzene rings is 1. The van der Waals surface area contributed by atoms with Gasteiger partial charge in [0.15, 0.2) is 5.76 Å². The monoisotopic (exact) mass is 368 g/mol. The molecule has 3 aromatic rings. The van der Waals surface area contributed by atoms with Crippen LogP contribution in [0.5, 0.6) is 0 Å². The fourth-order valence-corrected chi connectivity index (χ4v) is 3.44. The van der Waals surface area contributed by atoms with Crippen LogP contribution >= 0.6 is 0 Å². The number of aryl methyl sites for hydroxylation is 1. The lowest BCUT2D eigenvalue weighted by Gasteiger charge is -2.33. The summed E-state index contributed by atoms with van der Waals surface area (Å²) in [5.41, 5.74) is 1.50. The Balaban J connectivity index is 1.45. The van der Waals surface area contributed by atoms with Crippen molar-refractivity contribution < 1.29 is 13.6 Å². The van der Waals surface area contributed by atoms with Gasteiger partial charge in [0.05, 0.1) is 0 Å². The van der Waals surface area contributed by atoms with Crippen molar-refractivity contribution in [3.05, 3.63) is 53.9 Å². The summed E-state index contributed by atoms with van der Waals surface area (Å²) in [5, 5.41) is 3.61. The first kappa shape index (κ1) is 17.5. The van der Waals surface area contributed by atoms with Crippen LogP contribution in [0.3, 0.4) is 0 Å². The van der Waals surface area contributed by atoms with Crippen LogP contribution in [0.1, 0.15) is 36.0 Å². The largest absolute Gasteiger partial charge is 0.451 e. The number of nitrogens with one attached hydrogen (secondary N) is 1. The standard InChI is InChI=1S/C20H21FN4O2/c1-2-15-10-19(23-12-22-15)25-7-3-4-16(11-25)24-20(26)18-9-13-8-14(21)5-6-17(13)27-18/h5-6,8-10,12,16H,2-4,7,11H2,1H3,(H,24,26). The number of aromatic nitrogens is 2. The van der Waals surface area contributed by atoms with Crippen LogP contribution in [-0.4, -0.2) is 35.0 Å². The van der Waals surface area contributed by atoms with Crippen molar-refractivity contribution in [2.24, 2.45) is 0 Å². The Labute approximate surface area is 156 Å². The van der Waals surface area contributed by atoms with Crippen LogP contribution in [0.2, 0.25) is 0 Å². The molecule has 1 amide bonds. The summed E-state index contributed by atoms with van der Waals surface area (Å²) in [7, 11) is 0. The van der Waals surface area contributed by atoms with Gasteiger partial charge in [-0.1, -0.05) is 6.92 Å². The summed E-state index contributed by atoms with van der Waals surface area (Å²) in [6.07, 6.45) is 4.30. The molecule has 0 aliphatic carbocycles. The zero-order chi connectivity index (χ0) is 18.8. The summed E-state index contributed by atoms with van der Waals surface area (Å²) in [6.45, 7) is 3.64. The van der Waals surface area contributed by atoms with Gasteiger partial charge in [-0.25, -0.2) is 14.4 Å². The van der Waals surface area contributed by atoms with Crippen LogP contribution in [0.15, 0.2) is 41.1 Å². The van der Waals surface area contributed by atoms with E-state index in [4.69, 9.17) is 4.42 Å². The zero-order valence-electron chi connectivity index (χ0n) is 15.1. The van der Waals surface area contributed by atoms with Crippen LogP contribution in [0.25, 0.3) is 11.0 Å². The van der Waals surface area contributed by atoms with E-state index < -0.39 is 0 Å². The third-order valence-electron chi connectivity index (χ3n) is 4.85. The Kier molecular flexibility index (Phi) is 4.75. The minimum Gasteiger partial charge on any atom is -0.451 e. The number of hydrogen-bond donors (Lipinski definition) is 1. The van der Waals surface area contributed by atoms with Gasteiger partial charge in [-0.15, -0.1) is 0 Å². The predicted octanol–water partition coefficient (Wildman–Crippen LogP) is 3.32. The van der Waals surface area contributed by atoms with Gasteiger partial charge in [-0.05, 0) is 43.5 Å². The Bertz CT molecular complexity index is 972. The highest BCUT2D eigenvalue weighted by Crippen LogP contribution is 2.22. The van der Waals surface area contributed by atoms with Gasteiger partial charge in [0, 0.05) is 36.3 Å². The van der Waals surface area contributed by atoms with Crippen molar-refractivity contribution in [1.82, 2.24) is 15.3 Å². The van der Waals surface area contributed by atoms with E-state index in [9.17, 15) is 9.18 Å². The topological polar surface area (TPSA) is 71.3 Å². The van der Waals surface area contributed by atoms with Crippen molar-refractivity contribution >= 4 is 22.7 Å². The second-order valence-electron chi connectivity index (χ2n) is 6.77. The molecule has 0 saturated carbocycles. The number of piperidine rings is 1. The molecule has 0 spiro atoms. The molecule has 1 aliphatic heterocycles. The van der Waals surface area contributed by atoms with Crippen molar-refractivity contribution in [2.75, 3.05) is 18.0 Å². The van der Waals surface area contributed by atoms with Crippen LogP contribution in [0.4, 0.5) is 10.2 Å². The highest BCUT2D eigenvalue weighted by molar-refractivity contribution is 5.96. The molecule has 1 N–H and O–H groups in total. The minimum absolute atomic E-state index is 0.00348. The highest BCUT2D eigenvalue weighted by Gasteiger charge is 2.24. The Morgan fingerprint density at radius 1 is 1.33 bits per heavy atom. The Morgan fingerprint density at radius 2 is 2.22 bits per heavy atom. The summed E-state index contributed by atoms with van der Waals surface area (Å²) >= 11 is 0. The van der Waals surface area contributed by atoms with Crippen LogP contribution < -0.4 is 10.2 Å². The SMILES string of the molecule is CCc1cc(N2CCCC(NC(=O)c3cc4cc(F)ccc4o3)C2)ncn1. The van der Waals surface area contributed by atoms with Gasteiger partial charge in [-0.3, -0.25) is 4.79 Å². The molecule has 1 fully saturated rings. The molecule has 1 aliphatic rings. The van der Waals surface area contributed by atoms with E-state index in [1.54, 1.807) is 12.4 Å². The molecule has 1 unspecified atom stereocenters. The molecular weight excluding hydrogens is 347 g/mol. The number of nitrogens with zero attached hydrogens (tertiary/aromatic N) is 3. The minimum atomic E-state index is -0.352. The predicted molar refractivity (Wildman–Crippen MR) is 100 cm³/mol. The van der Waals surface area contributed by atoms with E-state index in [2.05, 4.69) is 27.1 Å². The summed E-state index contributed by atoms with van der Waals surface area (Å²) in [4.78, 5) is 23.3. The maximum absolute atomic E-state index is 13.3. The first-order valence-corrected chi connectivity index (χ1v) is 9.18. The Hall–Kier alpha value is -2.96. The second-order valence-corrected chi connectivity index (χ2v) is 6.77. The molecule has 3 heterocycles. The maximum Gasteiger partial charge on any atom is 0.287 e. The van der Waals surface area contributed by atoms with Gasteiger partial charge in [0.2, 0.25) is 0 Å². The molecule has 1 atom stereocenters. The lowest BCUT2D eigenvalue weighted by Crippen LogP contribution is -2.48. The second kappa shape index (κ2) is 7.34. The fraction of sp³-hybridized carbons (Fsp3) is 0.350. The molecule has 0 radical (unpaired) electrons. The number of fused-ring (bicyclic) bond motifs is 1. The van der Waals surface area contributed by atoms with Crippen LogP contribution in [0, 0.1) is 5.82 Å². The number of amides is 1. The Morgan fingerprint density at radius 3 is 3.07 bits per heavy atom. The number of hydrogen-bond acceptors (Lipinski definition) is 5. The molecule has 27 heavy (non-hydrogen) atoms. The highest BCUT2D eigenvalue weighted by atomic mass is 19.1. The lowest BCUT2D eigenvalue weighted by molar-refractivity contribution is 0.0907. The number of halogens is 1. The van der Waals surface area contributed by atoms with Crippen molar-refractivity contribution in [3.8, 4) is 0 Å². The average molecular weight is 368 g/mol. The molecule has 7 heteroatoms. The average Bonchev–Trinajstić information content (AvgIpc) is 3.11. The van der Waals surface area contributed by atoms with E-state index in [-0.39, 0.29) is 23.5 Å². The van der Waals surface area contributed by atoms with Gasteiger partial charge >= 0.3 is 0 Å². The number of furan rings is 1. The van der Waals surface area contributed by atoms with Gasteiger partial charge in [0.1, 0.15) is 23.5 Å². The first-order chi connectivity index (χ1) is 13.1. The normalized spacial score (nSPS) is 17.3. The molecule has 2 aromatic heterocycles. The molecule has 1 saturated heterocycles. The van der Waals surface area contributed by atoms with Crippen molar-refractivity contribution in [1.29, 1.82) is 0 Å². The smallest absolute Gasteiger partial charge is 0.287 e. The molecule has 4 rings (SSSR count). The van der Waals surface area contributed by atoms with E-state index in [0.29, 0.717) is 17.5 Å². The van der Waals surface area contributed by atoms with Crippen molar-refractivity contribution in [3.63, 3.8) is 0 Å². The summed E-state index contributed by atoms with van der Waals surface area (Å²) in [6, 6.07) is 7.78. The van der Waals surface area contributed by atoms with Gasteiger partial charge in [0.25, 0.3) is 5.91 Å². The van der Waals surface area contributed by atoms with E-state index in [0.717, 1.165) is 37.3 Å². The third-order valence-corrected chi connectivity index (χ3v) is 4.85. The van der Waals surface area contributed by atoms with Gasteiger partial charge < -0.3 is 14.6 Å². The molecule has 0 bridgehead atoms.